The molecule has 2 aromatic carbocycles. The fraction of sp³-hybridized carbons (Fsp3) is 0.391. The van der Waals surface area contributed by atoms with Crippen molar-refractivity contribution in [2.24, 2.45) is 0 Å². The summed E-state index contributed by atoms with van der Waals surface area (Å²) in [5.41, 5.74) is 0.925. The molecular formula is C23H29Cl2N3O5S. The Morgan fingerprint density at radius 2 is 1.79 bits per heavy atom. The molecule has 0 aliphatic heterocycles. The van der Waals surface area contributed by atoms with Gasteiger partial charge in [-0.15, -0.1) is 0 Å². The molecule has 0 bridgehead atoms. The second-order valence-corrected chi connectivity index (χ2v) is 10.3. The van der Waals surface area contributed by atoms with Gasteiger partial charge in [-0.05, 0) is 43.2 Å². The molecule has 1 N–H and O–H groups in total. The molecule has 0 heterocycles. The summed E-state index contributed by atoms with van der Waals surface area (Å²) in [6.45, 7) is 3.50. The lowest BCUT2D eigenvalue weighted by atomic mass is 10.1. The van der Waals surface area contributed by atoms with Crippen LogP contribution in [0.2, 0.25) is 10.0 Å². The van der Waals surface area contributed by atoms with E-state index in [1.807, 2.05) is 0 Å². The van der Waals surface area contributed by atoms with Gasteiger partial charge < -0.3 is 15.0 Å². The van der Waals surface area contributed by atoms with E-state index in [4.69, 9.17) is 27.9 Å². The molecular weight excluding hydrogens is 501 g/mol. The largest absolute Gasteiger partial charge is 0.497 e. The van der Waals surface area contributed by atoms with Crippen molar-refractivity contribution in [1.82, 2.24) is 10.2 Å². The van der Waals surface area contributed by atoms with Crippen LogP contribution < -0.4 is 14.4 Å². The first-order chi connectivity index (χ1) is 16.0. The highest BCUT2D eigenvalue weighted by Crippen LogP contribution is 2.26. The standard InChI is InChI=1S/C23H29Cl2N3O5S/c1-5-21(23(30)26-6-2)27(14-16-10-11-19(24)20(25)12-16)22(29)15-28(34(4,31)32)17-8-7-9-18(13-17)33-3/h7-13,21H,5-6,14-15H2,1-4H3,(H,26,30)/t21-/m0/s1. The molecule has 34 heavy (non-hydrogen) atoms. The third-order valence-corrected chi connectivity index (χ3v) is 6.97. The number of hydrogen-bond acceptors (Lipinski definition) is 5. The number of anilines is 1. The van der Waals surface area contributed by atoms with Crippen LogP contribution in [0.25, 0.3) is 0 Å². The van der Waals surface area contributed by atoms with Gasteiger partial charge in [0.05, 0.1) is 29.1 Å². The van der Waals surface area contributed by atoms with Crippen molar-refractivity contribution in [1.29, 1.82) is 0 Å². The zero-order chi connectivity index (χ0) is 25.5. The molecule has 0 saturated heterocycles. The predicted molar refractivity (Wildman–Crippen MR) is 135 cm³/mol. The molecule has 0 spiro atoms. The minimum Gasteiger partial charge on any atom is -0.497 e. The van der Waals surface area contributed by atoms with Gasteiger partial charge in [-0.25, -0.2) is 8.42 Å². The van der Waals surface area contributed by atoms with E-state index in [0.717, 1.165) is 10.6 Å². The predicted octanol–water partition coefficient (Wildman–Crippen LogP) is 3.71. The highest BCUT2D eigenvalue weighted by atomic mass is 35.5. The summed E-state index contributed by atoms with van der Waals surface area (Å²) in [4.78, 5) is 27.7. The Kier molecular flexibility index (Phi) is 10.0. The van der Waals surface area contributed by atoms with Gasteiger partial charge in [0.2, 0.25) is 21.8 Å². The number of benzene rings is 2. The number of likely N-dealkylation sites (N-methyl/N-ethyl adjacent to an activating group) is 1. The van der Waals surface area contributed by atoms with E-state index in [9.17, 15) is 18.0 Å². The number of sulfonamides is 1. The Bertz CT molecular complexity index is 1130. The first-order valence-electron chi connectivity index (χ1n) is 10.6. The maximum Gasteiger partial charge on any atom is 0.244 e. The van der Waals surface area contributed by atoms with Gasteiger partial charge >= 0.3 is 0 Å². The van der Waals surface area contributed by atoms with E-state index >= 15 is 0 Å². The number of halogens is 2. The lowest BCUT2D eigenvalue weighted by Gasteiger charge is -2.33. The summed E-state index contributed by atoms with van der Waals surface area (Å²) in [6.07, 6.45) is 1.35. The normalized spacial score (nSPS) is 12.1. The molecule has 0 radical (unpaired) electrons. The third kappa shape index (κ3) is 7.25. The summed E-state index contributed by atoms with van der Waals surface area (Å²) < 4.78 is 31.4. The number of nitrogens with one attached hydrogen (secondary N) is 1. The van der Waals surface area contributed by atoms with Crippen LogP contribution in [-0.2, 0) is 26.2 Å². The molecule has 0 unspecified atom stereocenters. The molecule has 2 rings (SSSR count). The maximum atomic E-state index is 13.5. The fourth-order valence-electron chi connectivity index (χ4n) is 3.43. The third-order valence-electron chi connectivity index (χ3n) is 5.09. The Labute approximate surface area is 210 Å². The van der Waals surface area contributed by atoms with E-state index < -0.39 is 28.5 Å². The van der Waals surface area contributed by atoms with Crippen LogP contribution in [0.3, 0.4) is 0 Å². The van der Waals surface area contributed by atoms with Gasteiger partial charge in [-0.1, -0.05) is 42.3 Å². The highest BCUT2D eigenvalue weighted by molar-refractivity contribution is 7.92. The summed E-state index contributed by atoms with van der Waals surface area (Å²) >= 11 is 12.2. The molecule has 0 saturated carbocycles. The topological polar surface area (TPSA) is 96.0 Å². The summed E-state index contributed by atoms with van der Waals surface area (Å²) in [5.74, 6) is -0.428. The quantitative estimate of drug-likeness (QED) is 0.478. The molecule has 2 aromatic rings. The van der Waals surface area contributed by atoms with Crippen molar-refractivity contribution < 1.29 is 22.7 Å². The van der Waals surface area contributed by atoms with Crippen molar-refractivity contribution >= 4 is 50.7 Å². The summed E-state index contributed by atoms with van der Waals surface area (Å²) in [7, 11) is -2.36. The molecule has 2 amide bonds. The smallest absolute Gasteiger partial charge is 0.244 e. The average Bonchev–Trinajstić information content (AvgIpc) is 2.79. The number of amides is 2. The monoisotopic (exact) mass is 529 g/mol. The Morgan fingerprint density at radius 3 is 2.35 bits per heavy atom. The van der Waals surface area contributed by atoms with Crippen LogP contribution in [0.5, 0.6) is 5.75 Å². The molecule has 11 heteroatoms. The second kappa shape index (κ2) is 12.3. The molecule has 0 aliphatic carbocycles. The molecule has 8 nitrogen and oxygen atoms in total. The van der Waals surface area contributed by atoms with Crippen LogP contribution in [0.15, 0.2) is 42.5 Å². The van der Waals surface area contributed by atoms with Crippen molar-refractivity contribution in [3.8, 4) is 5.75 Å². The molecule has 1 atom stereocenters. The van der Waals surface area contributed by atoms with Crippen molar-refractivity contribution in [3.63, 3.8) is 0 Å². The van der Waals surface area contributed by atoms with Crippen LogP contribution in [0.1, 0.15) is 25.8 Å². The van der Waals surface area contributed by atoms with E-state index in [1.165, 1.54) is 18.1 Å². The number of carbonyl (C=O) groups excluding carboxylic acids is 2. The van der Waals surface area contributed by atoms with Gasteiger partial charge in [-0.3, -0.25) is 13.9 Å². The van der Waals surface area contributed by atoms with Gasteiger partial charge in [0, 0.05) is 19.2 Å². The summed E-state index contributed by atoms with van der Waals surface area (Å²) in [6, 6.07) is 10.5. The Hall–Kier alpha value is -2.49. The van der Waals surface area contributed by atoms with E-state index in [2.05, 4.69) is 5.32 Å². The van der Waals surface area contributed by atoms with Crippen LogP contribution in [0.4, 0.5) is 5.69 Å². The Morgan fingerprint density at radius 1 is 1.09 bits per heavy atom. The van der Waals surface area contributed by atoms with Gasteiger partial charge in [0.15, 0.2) is 0 Å². The van der Waals surface area contributed by atoms with Gasteiger partial charge in [0.1, 0.15) is 18.3 Å². The van der Waals surface area contributed by atoms with Gasteiger partial charge in [-0.2, -0.15) is 0 Å². The average molecular weight is 530 g/mol. The minimum atomic E-state index is -3.83. The molecule has 0 aromatic heterocycles. The number of methoxy groups -OCH3 is 1. The van der Waals surface area contributed by atoms with Crippen molar-refractivity contribution in [2.75, 3.05) is 30.8 Å². The van der Waals surface area contributed by atoms with E-state index in [-0.39, 0.29) is 18.1 Å². The molecule has 186 valence electrons. The molecule has 0 aliphatic rings. The SMILES string of the molecule is CCNC(=O)[C@H](CC)N(Cc1ccc(Cl)c(Cl)c1)C(=O)CN(c1cccc(OC)c1)S(C)(=O)=O. The highest BCUT2D eigenvalue weighted by Gasteiger charge is 2.31. The first kappa shape index (κ1) is 27.8. The Balaban J connectivity index is 2.46. The van der Waals surface area contributed by atoms with E-state index in [0.29, 0.717) is 34.3 Å². The van der Waals surface area contributed by atoms with Crippen LogP contribution in [0, 0.1) is 0 Å². The van der Waals surface area contributed by atoms with Crippen molar-refractivity contribution in [2.45, 2.75) is 32.9 Å². The van der Waals surface area contributed by atoms with Crippen LogP contribution >= 0.6 is 23.2 Å². The van der Waals surface area contributed by atoms with Gasteiger partial charge in [0.25, 0.3) is 0 Å². The summed E-state index contributed by atoms with van der Waals surface area (Å²) in [5, 5.41) is 3.41. The number of carbonyl (C=O) groups is 2. The number of rotatable bonds is 11. The first-order valence-corrected chi connectivity index (χ1v) is 13.2. The van der Waals surface area contributed by atoms with E-state index in [1.54, 1.807) is 50.2 Å². The minimum absolute atomic E-state index is 0.0427. The zero-order valence-electron chi connectivity index (χ0n) is 19.5. The lowest BCUT2D eigenvalue weighted by molar-refractivity contribution is -0.140. The zero-order valence-corrected chi connectivity index (χ0v) is 21.9. The number of hydrogen-bond donors (Lipinski definition) is 1. The fourth-order valence-corrected chi connectivity index (χ4v) is 4.59. The lowest BCUT2D eigenvalue weighted by Crippen LogP contribution is -2.52. The van der Waals surface area contributed by atoms with Crippen LogP contribution in [-0.4, -0.2) is 57.6 Å². The number of nitrogens with zero attached hydrogens (tertiary/aromatic N) is 2. The molecule has 0 fully saturated rings. The maximum absolute atomic E-state index is 13.5. The second-order valence-electron chi connectivity index (χ2n) is 7.56. The number of ether oxygens (including phenoxy) is 1. The van der Waals surface area contributed by atoms with Crippen molar-refractivity contribution in [3.05, 3.63) is 58.1 Å².